The van der Waals surface area contributed by atoms with Gasteiger partial charge in [0.1, 0.15) is 13.2 Å². The second-order valence-corrected chi connectivity index (χ2v) is 5.65. The molecule has 0 amide bonds. The van der Waals surface area contributed by atoms with E-state index in [9.17, 15) is 0 Å². The summed E-state index contributed by atoms with van der Waals surface area (Å²) in [5, 5.41) is 4.33. The predicted octanol–water partition coefficient (Wildman–Crippen LogP) is 3.02. The van der Waals surface area contributed by atoms with Crippen molar-refractivity contribution in [3.8, 4) is 11.5 Å². The van der Waals surface area contributed by atoms with Crippen molar-refractivity contribution in [1.82, 2.24) is 5.32 Å². The maximum atomic E-state index is 6.46. The van der Waals surface area contributed by atoms with E-state index in [1.54, 1.807) is 0 Å². The van der Waals surface area contributed by atoms with Crippen LogP contribution in [0.5, 0.6) is 11.5 Å². The third-order valence-corrected chi connectivity index (χ3v) is 4.24. The molecule has 18 heavy (non-hydrogen) atoms. The summed E-state index contributed by atoms with van der Waals surface area (Å²) >= 11 is 6.46. The first-order valence-corrected chi connectivity index (χ1v) is 6.84. The molecule has 4 heteroatoms. The lowest BCUT2D eigenvalue weighted by molar-refractivity contribution is 0.170. The molecule has 0 spiro atoms. The largest absolute Gasteiger partial charge is 0.486 e. The van der Waals surface area contributed by atoms with Crippen LogP contribution in [0.15, 0.2) is 6.07 Å². The van der Waals surface area contributed by atoms with Crippen molar-refractivity contribution in [2.75, 3.05) is 19.8 Å². The van der Waals surface area contributed by atoms with E-state index in [0.717, 1.165) is 40.6 Å². The molecule has 2 aliphatic heterocycles. The summed E-state index contributed by atoms with van der Waals surface area (Å²) in [5.41, 5.74) is 2.22. The Morgan fingerprint density at radius 2 is 2.11 bits per heavy atom. The van der Waals surface area contributed by atoms with Crippen molar-refractivity contribution < 1.29 is 9.47 Å². The first-order chi connectivity index (χ1) is 8.62. The molecule has 1 aromatic carbocycles. The van der Waals surface area contributed by atoms with E-state index in [-0.39, 0.29) is 5.54 Å². The highest BCUT2D eigenvalue weighted by molar-refractivity contribution is 6.31. The maximum Gasteiger partial charge on any atom is 0.164 e. The van der Waals surface area contributed by atoms with Crippen molar-refractivity contribution in [2.45, 2.75) is 32.2 Å². The third-order valence-electron chi connectivity index (χ3n) is 3.94. The average Bonchev–Trinajstić information content (AvgIpc) is 2.77. The van der Waals surface area contributed by atoms with E-state index in [4.69, 9.17) is 21.1 Å². The number of rotatable bonds is 1. The van der Waals surface area contributed by atoms with Gasteiger partial charge in [0.25, 0.3) is 0 Å². The van der Waals surface area contributed by atoms with E-state index in [0.29, 0.717) is 13.2 Å². The number of hydrogen-bond donors (Lipinski definition) is 1. The number of halogens is 1. The van der Waals surface area contributed by atoms with Gasteiger partial charge in [-0.1, -0.05) is 11.6 Å². The van der Waals surface area contributed by atoms with Crippen LogP contribution in [0.2, 0.25) is 5.02 Å². The van der Waals surface area contributed by atoms with Gasteiger partial charge in [0.05, 0.1) is 0 Å². The fourth-order valence-corrected chi connectivity index (χ4v) is 3.55. The molecule has 0 saturated carbocycles. The van der Waals surface area contributed by atoms with Gasteiger partial charge in [0.2, 0.25) is 0 Å². The predicted molar refractivity (Wildman–Crippen MR) is 71.8 cm³/mol. The van der Waals surface area contributed by atoms with Gasteiger partial charge in [-0.3, -0.25) is 0 Å². The fraction of sp³-hybridized carbons (Fsp3) is 0.571. The second kappa shape index (κ2) is 4.32. The molecule has 2 aliphatic rings. The second-order valence-electron chi connectivity index (χ2n) is 5.25. The van der Waals surface area contributed by atoms with Gasteiger partial charge in [-0.25, -0.2) is 0 Å². The topological polar surface area (TPSA) is 30.5 Å². The monoisotopic (exact) mass is 267 g/mol. The summed E-state index contributed by atoms with van der Waals surface area (Å²) in [6.45, 7) is 6.53. The number of ether oxygens (including phenoxy) is 2. The number of nitrogens with one attached hydrogen (secondary N) is 1. The lowest BCUT2D eigenvalue weighted by atomic mass is 9.86. The zero-order chi connectivity index (χ0) is 12.8. The van der Waals surface area contributed by atoms with E-state index in [1.807, 2.05) is 6.07 Å². The highest BCUT2D eigenvalue weighted by Gasteiger charge is 2.35. The van der Waals surface area contributed by atoms with Crippen molar-refractivity contribution in [3.63, 3.8) is 0 Å². The zero-order valence-electron chi connectivity index (χ0n) is 10.8. The quantitative estimate of drug-likeness (QED) is 0.848. The molecule has 3 rings (SSSR count). The third kappa shape index (κ3) is 1.77. The van der Waals surface area contributed by atoms with Crippen molar-refractivity contribution in [2.24, 2.45) is 0 Å². The summed E-state index contributed by atoms with van der Waals surface area (Å²) in [5.74, 6) is 1.63. The van der Waals surface area contributed by atoms with Crippen LogP contribution in [0.4, 0.5) is 0 Å². The molecule has 0 radical (unpaired) electrons. The molecule has 2 heterocycles. The molecule has 1 fully saturated rings. The fourth-order valence-electron chi connectivity index (χ4n) is 3.10. The number of benzene rings is 1. The van der Waals surface area contributed by atoms with Crippen LogP contribution in [0.1, 0.15) is 30.9 Å². The van der Waals surface area contributed by atoms with Gasteiger partial charge in [-0.05, 0) is 38.8 Å². The van der Waals surface area contributed by atoms with Gasteiger partial charge >= 0.3 is 0 Å². The van der Waals surface area contributed by atoms with Crippen molar-refractivity contribution in [1.29, 1.82) is 0 Å². The van der Waals surface area contributed by atoms with Crippen LogP contribution in [0, 0.1) is 6.92 Å². The Kier molecular flexibility index (Phi) is 2.91. The minimum atomic E-state index is -0.0446. The molecule has 3 nitrogen and oxygen atoms in total. The normalized spacial score (nSPS) is 26.4. The molecule has 0 bridgehead atoms. The van der Waals surface area contributed by atoms with Crippen LogP contribution < -0.4 is 14.8 Å². The van der Waals surface area contributed by atoms with Crippen LogP contribution in [-0.4, -0.2) is 19.8 Å². The Hall–Kier alpha value is -0.930. The molecule has 1 aromatic rings. The first kappa shape index (κ1) is 12.1. The number of fused-ring (bicyclic) bond motifs is 1. The Bertz CT molecular complexity index is 481. The molecule has 1 N–H and O–H groups in total. The SMILES string of the molecule is Cc1c2c(cc(Cl)c1C1(C)CCCN1)OCCO2. The van der Waals surface area contributed by atoms with Crippen molar-refractivity contribution >= 4 is 11.6 Å². The summed E-state index contributed by atoms with van der Waals surface area (Å²) in [6.07, 6.45) is 2.29. The van der Waals surface area contributed by atoms with Crippen LogP contribution >= 0.6 is 11.6 Å². The molecule has 0 aliphatic carbocycles. The lowest BCUT2D eigenvalue weighted by Gasteiger charge is -2.31. The maximum absolute atomic E-state index is 6.46. The van der Waals surface area contributed by atoms with Gasteiger partial charge < -0.3 is 14.8 Å². The first-order valence-electron chi connectivity index (χ1n) is 6.46. The van der Waals surface area contributed by atoms with Gasteiger partial charge in [0.15, 0.2) is 11.5 Å². The molecule has 0 aromatic heterocycles. The Balaban J connectivity index is 2.14. The molecule has 1 atom stereocenters. The highest BCUT2D eigenvalue weighted by Crippen LogP contribution is 2.45. The zero-order valence-corrected chi connectivity index (χ0v) is 11.6. The standard InChI is InChI=1S/C14H18ClNO2/c1-9-12(14(2)4-3-5-16-14)10(15)8-11-13(9)18-7-6-17-11/h8,16H,3-7H2,1-2H3. The Labute approximate surface area is 112 Å². The summed E-state index contributed by atoms with van der Waals surface area (Å²) in [7, 11) is 0. The molecule has 1 unspecified atom stereocenters. The van der Waals surface area contributed by atoms with Crippen LogP contribution in [0.3, 0.4) is 0 Å². The Morgan fingerprint density at radius 3 is 2.83 bits per heavy atom. The van der Waals surface area contributed by atoms with Gasteiger partial charge in [-0.15, -0.1) is 0 Å². The Morgan fingerprint density at radius 1 is 1.33 bits per heavy atom. The van der Waals surface area contributed by atoms with Gasteiger partial charge in [-0.2, -0.15) is 0 Å². The van der Waals surface area contributed by atoms with Crippen LogP contribution in [0.25, 0.3) is 0 Å². The van der Waals surface area contributed by atoms with Crippen molar-refractivity contribution in [3.05, 3.63) is 22.2 Å². The van der Waals surface area contributed by atoms with Crippen LogP contribution in [-0.2, 0) is 5.54 Å². The summed E-state index contributed by atoms with van der Waals surface area (Å²) < 4.78 is 11.3. The highest BCUT2D eigenvalue weighted by atomic mass is 35.5. The average molecular weight is 268 g/mol. The van der Waals surface area contributed by atoms with E-state index in [2.05, 4.69) is 19.2 Å². The minimum absolute atomic E-state index is 0.0446. The van der Waals surface area contributed by atoms with E-state index >= 15 is 0 Å². The summed E-state index contributed by atoms with van der Waals surface area (Å²) in [4.78, 5) is 0. The van der Waals surface area contributed by atoms with E-state index in [1.165, 1.54) is 6.42 Å². The van der Waals surface area contributed by atoms with Gasteiger partial charge in [0, 0.05) is 22.2 Å². The molecule has 98 valence electrons. The van der Waals surface area contributed by atoms with E-state index < -0.39 is 0 Å². The minimum Gasteiger partial charge on any atom is -0.486 e. The molecular formula is C14H18ClNO2. The number of hydrogen-bond acceptors (Lipinski definition) is 3. The smallest absolute Gasteiger partial charge is 0.164 e. The summed E-state index contributed by atoms with van der Waals surface area (Å²) in [6, 6.07) is 1.89. The lowest BCUT2D eigenvalue weighted by Crippen LogP contribution is -2.34. The molecule has 1 saturated heterocycles. The molecular weight excluding hydrogens is 250 g/mol.